The molecule has 1 aliphatic rings. The number of anilines is 1. The summed E-state index contributed by atoms with van der Waals surface area (Å²) in [5.74, 6) is -0.609. The van der Waals surface area contributed by atoms with Gasteiger partial charge in [0, 0.05) is 12.2 Å². The molecule has 18 heavy (non-hydrogen) atoms. The number of nitrogens with zero attached hydrogens (tertiary/aromatic N) is 2. The maximum Gasteiger partial charge on any atom is 0.354 e. The van der Waals surface area contributed by atoms with Gasteiger partial charge in [0.15, 0.2) is 5.69 Å². The SMILES string of the molecule is CC1(C)CCCC(Nc2nccc(C(=O)O)n2)C1. The minimum atomic E-state index is -1.02. The molecule has 5 heteroatoms. The van der Waals surface area contributed by atoms with Gasteiger partial charge in [0.25, 0.3) is 0 Å². The summed E-state index contributed by atoms with van der Waals surface area (Å²) in [6.07, 6.45) is 6.05. The van der Waals surface area contributed by atoms with E-state index in [1.165, 1.54) is 25.1 Å². The molecule has 0 saturated heterocycles. The largest absolute Gasteiger partial charge is 0.477 e. The van der Waals surface area contributed by atoms with Crippen LogP contribution < -0.4 is 5.32 Å². The van der Waals surface area contributed by atoms with Gasteiger partial charge in [0.2, 0.25) is 5.95 Å². The number of carboxylic acid groups (broad SMARTS) is 1. The van der Waals surface area contributed by atoms with E-state index in [2.05, 4.69) is 29.1 Å². The Kier molecular flexibility index (Phi) is 3.50. The van der Waals surface area contributed by atoms with Crippen LogP contribution in [0.1, 0.15) is 50.0 Å². The van der Waals surface area contributed by atoms with Gasteiger partial charge in [-0.25, -0.2) is 14.8 Å². The lowest BCUT2D eigenvalue weighted by Gasteiger charge is -2.35. The third-order valence-corrected chi connectivity index (χ3v) is 3.41. The van der Waals surface area contributed by atoms with E-state index in [1.54, 1.807) is 0 Å². The predicted octanol–water partition coefficient (Wildman–Crippen LogP) is 2.56. The molecule has 1 atom stereocenters. The third-order valence-electron chi connectivity index (χ3n) is 3.41. The van der Waals surface area contributed by atoms with Gasteiger partial charge in [0.1, 0.15) is 0 Å². The molecule has 0 aliphatic heterocycles. The predicted molar refractivity (Wildman–Crippen MR) is 68.7 cm³/mol. The molecule has 1 unspecified atom stereocenters. The first-order chi connectivity index (χ1) is 8.46. The lowest BCUT2D eigenvalue weighted by atomic mass is 9.75. The van der Waals surface area contributed by atoms with E-state index >= 15 is 0 Å². The first-order valence-corrected chi connectivity index (χ1v) is 6.29. The van der Waals surface area contributed by atoms with Crippen LogP contribution in [0.4, 0.5) is 5.95 Å². The zero-order valence-electron chi connectivity index (χ0n) is 10.8. The number of carboxylic acids is 1. The normalized spacial score (nSPS) is 22.4. The van der Waals surface area contributed by atoms with Crippen LogP contribution in [0.15, 0.2) is 12.3 Å². The van der Waals surface area contributed by atoms with E-state index in [9.17, 15) is 4.79 Å². The Balaban J connectivity index is 2.05. The molecule has 0 aromatic carbocycles. The fraction of sp³-hybridized carbons (Fsp3) is 0.615. The van der Waals surface area contributed by atoms with Crippen molar-refractivity contribution < 1.29 is 9.90 Å². The molecule has 1 fully saturated rings. The first kappa shape index (κ1) is 12.8. The Hall–Kier alpha value is -1.65. The van der Waals surface area contributed by atoms with Gasteiger partial charge in [-0.2, -0.15) is 0 Å². The van der Waals surface area contributed by atoms with Crippen molar-refractivity contribution in [3.63, 3.8) is 0 Å². The number of hydrogen-bond acceptors (Lipinski definition) is 4. The van der Waals surface area contributed by atoms with Crippen molar-refractivity contribution in [1.82, 2.24) is 9.97 Å². The highest BCUT2D eigenvalue weighted by molar-refractivity contribution is 5.85. The third kappa shape index (κ3) is 3.18. The van der Waals surface area contributed by atoms with Crippen LogP contribution in [0, 0.1) is 5.41 Å². The van der Waals surface area contributed by atoms with Crippen molar-refractivity contribution in [3.05, 3.63) is 18.0 Å². The summed E-state index contributed by atoms with van der Waals surface area (Å²) in [5.41, 5.74) is 0.364. The fourth-order valence-corrected chi connectivity index (χ4v) is 2.55. The van der Waals surface area contributed by atoms with Crippen LogP contribution in [0.2, 0.25) is 0 Å². The fourth-order valence-electron chi connectivity index (χ4n) is 2.55. The zero-order valence-corrected chi connectivity index (χ0v) is 10.8. The highest BCUT2D eigenvalue weighted by Gasteiger charge is 2.28. The van der Waals surface area contributed by atoms with E-state index < -0.39 is 5.97 Å². The highest BCUT2D eigenvalue weighted by Crippen LogP contribution is 2.35. The van der Waals surface area contributed by atoms with Crippen molar-refractivity contribution in [2.45, 2.75) is 45.6 Å². The molecule has 1 saturated carbocycles. The summed E-state index contributed by atoms with van der Waals surface area (Å²) in [4.78, 5) is 18.9. The Morgan fingerprint density at radius 3 is 3.00 bits per heavy atom. The second-order valence-electron chi connectivity index (χ2n) is 5.67. The lowest BCUT2D eigenvalue weighted by molar-refractivity contribution is 0.0690. The number of rotatable bonds is 3. The Labute approximate surface area is 107 Å². The molecule has 0 bridgehead atoms. The summed E-state index contributed by atoms with van der Waals surface area (Å²) in [5, 5.41) is 12.1. The second kappa shape index (κ2) is 4.92. The van der Waals surface area contributed by atoms with Gasteiger partial charge in [-0.15, -0.1) is 0 Å². The monoisotopic (exact) mass is 249 g/mol. The Bertz CT molecular complexity index is 446. The number of carbonyl (C=O) groups is 1. The molecule has 1 heterocycles. The van der Waals surface area contributed by atoms with Crippen LogP contribution in [0.3, 0.4) is 0 Å². The minimum Gasteiger partial charge on any atom is -0.477 e. The van der Waals surface area contributed by atoms with Crippen LogP contribution in [0.5, 0.6) is 0 Å². The molecular weight excluding hydrogens is 230 g/mol. The Morgan fingerprint density at radius 2 is 2.33 bits per heavy atom. The molecular formula is C13H19N3O2. The number of hydrogen-bond donors (Lipinski definition) is 2. The van der Waals surface area contributed by atoms with Gasteiger partial charge >= 0.3 is 5.97 Å². The summed E-state index contributed by atoms with van der Waals surface area (Å²) in [6.45, 7) is 4.52. The van der Waals surface area contributed by atoms with Gasteiger partial charge in [0.05, 0.1) is 0 Å². The lowest BCUT2D eigenvalue weighted by Crippen LogP contribution is -2.32. The first-order valence-electron chi connectivity index (χ1n) is 6.29. The summed E-state index contributed by atoms with van der Waals surface area (Å²) >= 11 is 0. The molecule has 0 radical (unpaired) electrons. The van der Waals surface area contributed by atoms with Gasteiger partial charge in [-0.05, 0) is 30.7 Å². The molecule has 1 aromatic heterocycles. The zero-order chi connectivity index (χ0) is 13.2. The summed E-state index contributed by atoms with van der Waals surface area (Å²) < 4.78 is 0. The maximum atomic E-state index is 10.8. The average molecular weight is 249 g/mol. The van der Waals surface area contributed by atoms with Crippen molar-refractivity contribution in [1.29, 1.82) is 0 Å². The Morgan fingerprint density at radius 1 is 1.56 bits per heavy atom. The van der Waals surface area contributed by atoms with Crippen molar-refractivity contribution >= 4 is 11.9 Å². The van der Waals surface area contributed by atoms with Crippen molar-refractivity contribution in [3.8, 4) is 0 Å². The number of aromatic carboxylic acids is 1. The number of nitrogens with one attached hydrogen (secondary N) is 1. The molecule has 2 N–H and O–H groups in total. The second-order valence-corrected chi connectivity index (χ2v) is 5.67. The number of aromatic nitrogens is 2. The van der Waals surface area contributed by atoms with Crippen LogP contribution in [-0.4, -0.2) is 27.1 Å². The van der Waals surface area contributed by atoms with Gasteiger partial charge in [-0.1, -0.05) is 20.3 Å². The maximum absolute atomic E-state index is 10.8. The van der Waals surface area contributed by atoms with Gasteiger partial charge < -0.3 is 10.4 Å². The van der Waals surface area contributed by atoms with Crippen LogP contribution >= 0.6 is 0 Å². The van der Waals surface area contributed by atoms with E-state index in [-0.39, 0.29) is 5.69 Å². The smallest absolute Gasteiger partial charge is 0.354 e. The quantitative estimate of drug-likeness (QED) is 0.861. The molecule has 0 spiro atoms. The van der Waals surface area contributed by atoms with E-state index in [1.807, 2.05) is 0 Å². The highest BCUT2D eigenvalue weighted by atomic mass is 16.4. The van der Waals surface area contributed by atoms with Crippen LogP contribution in [0.25, 0.3) is 0 Å². The molecule has 1 aliphatic carbocycles. The molecule has 1 aromatic rings. The molecule has 98 valence electrons. The topological polar surface area (TPSA) is 75.1 Å². The summed E-state index contributed by atoms with van der Waals surface area (Å²) in [7, 11) is 0. The minimum absolute atomic E-state index is 0.0302. The molecule has 0 amide bonds. The van der Waals surface area contributed by atoms with E-state index in [0.717, 1.165) is 12.8 Å². The molecule has 2 rings (SSSR count). The molecule has 5 nitrogen and oxygen atoms in total. The van der Waals surface area contributed by atoms with Crippen LogP contribution in [-0.2, 0) is 0 Å². The van der Waals surface area contributed by atoms with E-state index in [4.69, 9.17) is 5.11 Å². The van der Waals surface area contributed by atoms with Gasteiger partial charge in [-0.3, -0.25) is 0 Å². The average Bonchev–Trinajstić information content (AvgIpc) is 2.28. The summed E-state index contributed by atoms with van der Waals surface area (Å²) in [6, 6.07) is 1.73. The standard InChI is InChI=1S/C13H19N3O2/c1-13(2)6-3-4-9(8-13)15-12-14-7-5-10(16-12)11(17)18/h5,7,9H,3-4,6,8H2,1-2H3,(H,17,18)(H,14,15,16). The van der Waals surface area contributed by atoms with Crippen molar-refractivity contribution in [2.75, 3.05) is 5.32 Å². The van der Waals surface area contributed by atoms with E-state index in [0.29, 0.717) is 17.4 Å². The van der Waals surface area contributed by atoms with Crippen molar-refractivity contribution in [2.24, 2.45) is 5.41 Å².